The minimum Gasteiger partial charge on any atom is -0.543 e. The number of carboxylic acid groups (broad SMARTS) is 2. The van der Waals surface area contributed by atoms with Gasteiger partial charge in [-0.15, -0.1) is 0 Å². The molecule has 114 valence electrons. The summed E-state index contributed by atoms with van der Waals surface area (Å²) in [5.41, 5.74) is -0.135. The van der Waals surface area contributed by atoms with Crippen molar-refractivity contribution < 1.29 is 29.3 Å². The maximum absolute atomic E-state index is 11.5. The molecule has 0 aliphatic carbocycles. The first-order chi connectivity index (χ1) is 9.05. The van der Waals surface area contributed by atoms with Crippen LogP contribution in [0.25, 0.3) is 0 Å². The molecule has 1 N–H and O–H groups in total. The lowest BCUT2D eigenvalue weighted by Gasteiger charge is -2.55. The molecule has 0 bridgehead atoms. The Balaban J connectivity index is 0.000000286. The summed E-state index contributed by atoms with van der Waals surface area (Å²) in [5, 5.41) is 21.2. The molecule has 0 aromatic carbocycles. The van der Waals surface area contributed by atoms with E-state index >= 15 is 0 Å². The number of hydrogen-bond donors (Lipinski definition) is 1. The number of nitrogens with one attached hydrogen (secondary N) is 1. The van der Waals surface area contributed by atoms with E-state index in [0.29, 0.717) is 0 Å². The van der Waals surface area contributed by atoms with Gasteiger partial charge in [0.15, 0.2) is 0 Å². The number of hydrogen-bond acceptors (Lipinski definition) is 7. The van der Waals surface area contributed by atoms with Crippen molar-refractivity contribution in [3.8, 4) is 0 Å². The van der Waals surface area contributed by atoms with Gasteiger partial charge in [-0.3, -0.25) is 0 Å². The molecule has 0 radical (unpaired) electrons. The van der Waals surface area contributed by atoms with E-state index in [1.165, 1.54) is 6.42 Å². The molecule has 20 heavy (non-hydrogen) atoms. The number of nitrogens with zero attached hydrogens (tertiary/aromatic N) is 1. The number of carbonyl (C=O) groups is 3. The Hall–Kier alpha value is -1.83. The van der Waals surface area contributed by atoms with Gasteiger partial charge >= 0.3 is 6.09 Å². The number of carboxylic acids is 2. The van der Waals surface area contributed by atoms with Crippen LogP contribution in [0.15, 0.2) is 0 Å². The van der Waals surface area contributed by atoms with Gasteiger partial charge in [-0.1, -0.05) is 0 Å². The average Bonchev–Trinajstić information content (AvgIpc) is 2.10. The summed E-state index contributed by atoms with van der Waals surface area (Å²) in [6, 6.07) is 0. The van der Waals surface area contributed by atoms with E-state index in [4.69, 9.17) is 24.5 Å². The number of ether oxygens (including phenoxy) is 1. The highest BCUT2D eigenvalue weighted by molar-refractivity contribution is 6.25. The number of aliphatic carboxylic acids is 2. The van der Waals surface area contributed by atoms with E-state index in [-0.39, 0.29) is 17.2 Å². The van der Waals surface area contributed by atoms with Gasteiger partial charge in [0.1, 0.15) is 5.60 Å². The molecular formula is C12H18N2O6-2. The molecule has 2 rings (SSSR count). The fourth-order valence-electron chi connectivity index (χ4n) is 1.89. The average molecular weight is 286 g/mol. The maximum Gasteiger partial charge on any atom is 0.410 e. The SMILES string of the molecule is CC(C)(C)OC(=O)N1CC2(CCN2)C1.O=C([O-])C(=O)[O-]. The highest BCUT2D eigenvalue weighted by Gasteiger charge is 2.49. The summed E-state index contributed by atoms with van der Waals surface area (Å²) < 4.78 is 5.26. The molecule has 2 saturated heterocycles. The lowest BCUT2D eigenvalue weighted by Crippen LogP contribution is -2.76. The molecule has 8 nitrogen and oxygen atoms in total. The van der Waals surface area contributed by atoms with E-state index in [1.54, 1.807) is 4.90 Å². The fraction of sp³-hybridized carbons (Fsp3) is 0.750. The summed E-state index contributed by atoms with van der Waals surface area (Å²) >= 11 is 0. The van der Waals surface area contributed by atoms with Gasteiger partial charge in [-0.2, -0.15) is 0 Å². The van der Waals surface area contributed by atoms with Crippen LogP contribution in [0.5, 0.6) is 0 Å². The summed E-state index contributed by atoms with van der Waals surface area (Å²) in [5.74, 6) is -4.37. The first-order valence-corrected chi connectivity index (χ1v) is 6.20. The maximum atomic E-state index is 11.5. The molecule has 2 heterocycles. The Labute approximate surface area is 116 Å². The molecule has 0 saturated carbocycles. The molecule has 2 aliphatic rings. The monoisotopic (exact) mass is 286 g/mol. The Morgan fingerprint density at radius 2 is 1.60 bits per heavy atom. The number of rotatable bonds is 0. The lowest BCUT2D eigenvalue weighted by molar-refractivity contribution is -0.345. The van der Waals surface area contributed by atoms with Gasteiger partial charge in [-0.25, -0.2) is 4.79 Å². The molecule has 2 aliphatic heterocycles. The fourth-order valence-corrected chi connectivity index (χ4v) is 1.89. The Kier molecular flexibility index (Phi) is 4.59. The van der Waals surface area contributed by atoms with Gasteiger partial charge in [0, 0.05) is 13.1 Å². The molecule has 0 unspecified atom stereocenters. The van der Waals surface area contributed by atoms with E-state index in [0.717, 1.165) is 19.6 Å². The van der Waals surface area contributed by atoms with Crippen LogP contribution in [0.4, 0.5) is 4.79 Å². The third kappa shape index (κ3) is 4.37. The molecule has 8 heteroatoms. The molecular weight excluding hydrogens is 268 g/mol. The summed E-state index contributed by atoms with van der Waals surface area (Å²) in [4.78, 5) is 31.2. The van der Waals surface area contributed by atoms with Crippen LogP contribution in [0.1, 0.15) is 27.2 Å². The van der Waals surface area contributed by atoms with Gasteiger partial charge in [-0.05, 0) is 33.7 Å². The standard InChI is InChI=1S/C10H18N2O2.C2H2O4/c1-9(2,3)14-8(13)12-6-10(7-12)4-5-11-10;3-1(4)2(5)6/h11H,4-7H2,1-3H3;(H,3,4)(H,5,6)/p-2. The van der Waals surface area contributed by atoms with Crippen molar-refractivity contribution in [2.75, 3.05) is 19.6 Å². The predicted molar refractivity (Wildman–Crippen MR) is 63.2 cm³/mol. The van der Waals surface area contributed by atoms with Crippen LogP contribution < -0.4 is 15.5 Å². The van der Waals surface area contributed by atoms with Gasteiger partial charge in [0.25, 0.3) is 0 Å². The minimum absolute atomic E-state index is 0.183. The van der Waals surface area contributed by atoms with Gasteiger partial charge in [0.05, 0.1) is 17.5 Å². The normalized spacial score (nSPS) is 19.1. The second kappa shape index (κ2) is 5.66. The van der Waals surface area contributed by atoms with Crippen molar-refractivity contribution in [3.63, 3.8) is 0 Å². The predicted octanol–water partition coefficient (Wildman–Crippen LogP) is -2.54. The topological polar surface area (TPSA) is 122 Å². The van der Waals surface area contributed by atoms with Gasteiger partial charge < -0.3 is 34.8 Å². The molecule has 1 amide bonds. The molecule has 1 spiro atoms. The third-order valence-corrected chi connectivity index (χ3v) is 2.91. The van der Waals surface area contributed by atoms with Crippen molar-refractivity contribution in [1.82, 2.24) is 10.2 Å². The summed E-state index contributed by atoms with van der Waals surface area (Å²) in [7, 11) is 0. The van der Waals surface area contributed by atoms with E-state index in [1.807, 2.05) is 20.8 Å². The van der Waals surface area contributed by atoms with Crippen molar-refractivity contribution >= 4 is 18.0 Å². The first kappa shape index (κ1) is 16.2. The highest BCUT2D eigenvalue weighted by atomic mass is 16.6. The molecule has 0 aromatic heterocycles. The number of likely N-dealkylation sites (tertiary alicyclic amines) is 1. The number of amides is 1. The molecule has 2 fully saturated rings. The second-order valence-electron chi connectivity index (χ2n) is 5.87. The van der Waals surface area contributed by atoms with Crippen molar-refractivity contribution in [1.29, 1.82) is 0 Å². The quantitative estimate of drug-likeness (QED) is 0.487. The summed E-state index contributed by atoms with van der Waals surface area (Å²) in [6.45, 7) is 8.37. The van der Waals surface area contributed by atoms with Crippen molar-refractivity contribution in [3.05, 3.63) is 0 Å². The largest absolute Gasteiger partial charge is 0.543 e. The van der Waals surface area contributed by atoms with Crippen LogP contribution in [-0.2, 0) is 14.3 Å². The Morgan fingerprint density at radius 1 is 1.15 bits per heavy atom. The minimum atomic E-state index is -2.19. The highest BCUT2D eigenvalue weighted by Crippen LogP contribution is 2.30. The lowest BCUT2D eigenvalue weighted by atomic mass is 9.81. The van der Waals surface area contributed by atoms with Crippen LogP contribution >= 0.6 is 0 Å². The van der Waals surface area contributed by atoms with Crippen molar-refractivity contribution in [2.45, 2.75) is 38.3 Å². The first-order valence-electron chi connectivity index (χ1n) is 6.20. The summed E-state index contributed by atoms with van der Waals surface area (Å²) in [6.07, 6.45) is 1.00. The van der Waals surface area contributed by atoms with E-state index in [2.05, 4.69) is 5.32 Å². The Morgan fingerprint density at radius 3 is 1.85 bits per heavy atom. The van der Waals surface area contributed by atoms with Crippen LogP contribution in [0.2, 0.25) is 0 Å². The van der Waals surface area contributed by atoms with Gasteiger partial charge in [0.2, 0.25) is 0 Å². The zero-order valence-corrected chi connectivity index (χ0v) is 11.7. The zero-order chi connectivity index (χ0) is 15.6. The van der Waals surface area contributed by atoms with E-state index < -0.39 is 11.9 Å². The zero-order valence-electron chi connectivity index (χ0n) is 11.7. The van der Waals surface area contributed by atoms with Crippen LogP contribution in [-0.4, -0.2) is 53.7 Å². The van der Waals surface area contributed by atoms with Crippen LogP contribution in [0.3, 0.4) is 0 Å². The number of carbonyl (C=O) groups excluding carboxylic acids is 3. The van der Waals surface area contributed by atoms with E-state index in [9.17, 15) is 4.79 Å². The molecule has 0 atom stereocenters. The van der Waals surface area contributed by atoms with Crippen LogP contribution in [0, 0.1) is 0 Å². The third-order valence-electron chi connectivity index (χ3n) is 2.91. The smallest absolute Gasteiger partial charge is 0.410 e. The Bertz CT molecular complexity index is 391. The van der Waals surface area contributed by atoms with Crippen molar-refractivity contribution in [2.24, 2.45) is 0 Å². The molecule has 0 aromatic rings. The second-order valence-corrected chi connectivity index (χ2v) is 5.87.